The lowest BCUT2D eigenvalue weighted by Crippen LogP contribution is -2.50. The number of hydrogen-bond acceptors (Lipinski definition) is 3. The van der Waals surface area contributed by atoms with Gasteiger partial charge in [0.25, 0.3) is 0 Å². The van der Waals surface area contributed by atoms with Gasteiger partial charge >= 0.3 is 0 Å². The minimum Gasteiger partial charge on any atom is -0.350 e. The van der Waals surface area contributed by atoms with Crippen molar-refractivity contribution in [2.45, 2.75) is 50.6 Å². The molecule has 0 aromatic heterocycles. The van der Waals surface area contributed by atoms with E-state index in [1.807, 2.05) is 0 Å². The van der Waals surface area contributed by atoms with Crippen LogP contribution in [0.5, 0.6) is 0 Å². The molecule has 1 aliphatic heterocycles. The van der Waals surface area contributed by atoms with Crippen LogP contribution in [0.2, 0.25) is 0 Å². The van der Waals surface area contributed by atoms with Gasteiger partial charge < -0.3 is 16.4 Å². The van der Waals surface area contributed by atoms with E-state index in [1.54, 1.807) is 0 Å². The van der Waals surface area contributed by atoms with Gasteiger partial charge in [0.2, 0.25) is 11.8 Å². The summed E-state index contributed by atoms with van der Waals surface area (Å²) in [7, 11) is 0. The Labute approximate surface area is 102 Å². The Kier molecular flexibility index (Phi) is 3.99. The molecule has 2 unspecified atom stereocenters. The van der Waals surface area contributed by atoms with E-state index in [0.717, 1.165) is 12.8 Å². The lowest BCUT2D eigenvalue weighted by Gasteiger charge is -2.24. The third-order valence-electron chi connectivity index (χ3n) is 3.86. The molecule has 4 N–H and O–H groups in total. The van der Waals surface area contributed by atoms with Crippen molar-refractivity contribution < 1.29 is 9.59 Å². The summed E-state index contributed by atoms with van der Waals surface area (Å²) in [5.74, 6) is 0.412. The molecule has 2 rings (SSSR count). The van der Waals surface area contributed by atoms with Crippen LogP contribution in [0.3, 0.4) is 0 Å². The standard InChI is InChI=1S/C12H21N3O2/c13-7-10(8-3-1-2-4-8)15-12(17)9-5-6-11(16)14-9/h8-10H,1-7,13H2,(H,14,16)(H,15,17). The Morgan fingerprint density at radius 1 is 1.41 bits per heavy atom. The molecule has 5 heteroatoms. The summed E-state index contributed by atoms with van der Waals surface area (Å²) in [4.78, 5) is 23.0. The highest BCUT2D eigenvalue weighted by atomic mass is 16.2. The van der Waals surface area contributed by atoms with E-state index in [1.165, 1.54) is 12.8 Å². The normalized spacial score (nSPS) is 26.9. The molecule has 1 heterocycles. The average molecular weight is 239 g/mol. The van der Waals surface area contributed by atoms with Crippen molar-refractivity contribution in [2.24, 2.45) is 11.7 Å². The highest BCUT2D eigenvalue weighted by Gasteiger charge is 2.31. The van der Waals surface area contributed by atoms with E-state index < -0.39 is 0 Å². The summed E-state index contributed by atoms with van der Waals surface area (Å²) in [5, 5.41) is 5.67. The number of nitrogens with one attached hydrogen (secondary N) is 2. The molecule has 0 aromatic carbocycles. The number of carbonyl (C=O) groups excluding carboxylic acids is 2. The molecule has 96 valence electrons. The third-order valence-corrected chi connectivity index (χ3v) is 3.86. The zero-order valence-corrected chi connectivity index (χ0v) is 10.1. The summed E-state index contributed by atoms with van der Waals surface area (Å²) in [6, 6.07) is -0.277. The minimum atomic E-state index is -0.349. The first kappa shape index (κ1) is 12.4. The van der Waals surface area contributed by atoms with E-state index in [0.29, 0.717) is 25.3 Å². The van der Waals surface area contributed by atoms with Gasteiger partial charge in [-0.25, -0.2) is 0 Å². The van der Waals surface area contributed by atoms with Crippen LogP contribution in [0, 0.1) is 5.92 Å². The van der Waals surface area contributed by atoms with E-state index in [4.69, 9.17) is 5.73 Å². The molecular formula is C12H21N3O2. The Bertz CT molecular complexity index is 300. The van der Waals surface area contributed by atoms with Crippen LogP contribution < -0.4 is 16.4 Å². The molecule has 0 aromatic rings. The summed E-state index contributed by atoms with van der Waals surface area (Å²) in [6.07, 6.45) is 5.83. The zero-order chi connectivity index (χ0) is 12.3. The van der Waals surface area contributed by atoms with Gasteiger partial charge in [-0.15, -0.1) is 0 Å². The van der Waals surface area contributed by atoms with Crippen molar-refractivity contribution in [3.8, 4) is 0 Å². The predicted molar refractivity (Wildman–Crippen MR) is 64.1 cm³/mol. The largest absolute Gasteiger partial charge is 0.350 e. The summed E-state index contributed by atoms with van der Waals surface area (Å²) < 4.78 is 0. The van der Waals surface area contributed by atoms with Crippen LogP contribution in [0.1, 0.15) is 38.5 Å². The van der Waals surface area contributed by atoms with Crippen LogP contribution in [0.4, 0.5) is 0 Å². The van der Waals surface area contributed by atoms with Gasteiger partial charge in [-0.1, -0.05) is 12.8 Å². The molecule has 1 saturated carbocycles. The van der Waals surface area contributed by atoms with Crippen LogP contribution >= 0.6 is 0 Å². The van der Waals surface area contributed by atoms with E-state index in [2.05, 4.69) is 10.6 Å². The molecule has 2 aliphatic rings. The molecule has 1 saturated heterocycles. The minimum absolute atomic E-state index is 0.0321. The maximum absolute atomic E-state index is 11.9. The molecule has 1 aliphatic carbocycles. The van der Waals surface area contributed by atoms with Gasteiger partial charge in [-0.05, 0) is 25.2 Å². The Balaban J connectivity index is 1.85. The van der Waals surface area contributed by atoms with Crippen molar-refractivity contribution in [2.75, 3.05) is 6.54 Å². The number of hydrogen-bond donors (Lipinski definition) is 3. The monoisotopic (exact) mass is 239 g/mol. The van der Waals surface area contributed by atoms with Gasteiger partial charge in [-0.3, -0.25) is 9.59 Å². The van der Waals surface area contributed by atoms with Crippen LogP contribution in [0.25, 0.3) is 0 Å². The Morgan fingerprint density at radius 2 is 2.12 bits per heavy atom. The zero-order valence-electron chi connectivity index (χ0n) is 10.1. The van der Waals surface area contributed by atoms with Gasteiger partial charge in [0, 0.05) is 19.0 Å². The molecule has 2 fully saturated rings. The second-order valence-electron chi connectivity index (χ2n) is 5.05. The predicted octanol–water partition coefficient (Wildman–Crippen LogP) is -0.101. The second-order valence-corrected chi connectivity index (χ2v) is 5.05. The maximum Gasteiger partial charge on any atom is 0.242 e. The van der Waals surface area contributed by atoms with Crippen molar-refractivity contribution in [1.82, 2.24) is 10.6 Å². The highest BCUT2D eigenvalue weighted by Crippen LogP contribution is 2.27. The lowest BCUT2D eigenvalue weighted by atomic mass is 9.98. The fraction of sp³-hybridized carbons (Fsp3) is 0.833. The molecule has 0 bridgehead atoms. The first-order valence-corrected chi connectivity index (χ1v) is 6.50. The number of carbonyl (C=O) groups is 2. The fourth-order valence-corrected chi connectivity index (χ4v) is 2.82. The molecule has 0 radical (unpaired) electrons. The first-order chi connectivity index (χ1) is 8.20. The number of nitrogens with two attached hydrogens (primary N) is 1. The van der Waals surface area contributed by atoms with Crippen molar-refractivity contribution >= 4 is 11.8 Å². The first-order valence-electron chi connectivity index (χ1n) is 6.50. The van der Waals surface area contributed by atoms with E-state index in [-0.39, 0.29) is 23.9 Å². The summed E-state index contributed by atoms with van der Waals surface area (Å²) >= 11 is 0. The number of amides is 2. The molecule has 5 nitrogen and oxygen atoms in total. The van der Waals surface area contributed by atoms with Crippen molar-refractivity contribution in [3.05, 3.63) is 0 Å². The molecule has 2 amide bonds. The summed E-state index contributed by atoms with van der Waals surface area (Å²) in [6.45, 7) is 0.483. The van der Waals surface area contributed by atoms with Crippen LogP contribution in [-0.2, 0) is 9.59 Å². The average Bonchev–Trinajstić information content (AvgIpc) is 2.96. The quantitative estimate of drug-likeness (QED) is 0.640. The van der Waals surface area contributed by atoms with Crippen LogP contribution in [-0.4, -0.2) is 30.4 Å². The van der Waals surface area contributed by atoms with Crippen molar-refractivity contribution in [3.63, 3.8) is 0 Å². The smallest absolute Gasteiger partial charge is 0.242 e. The highest BCUT2D eigenvalue weighted by molar-refractivity contribution is 5.90. The summed E-state index contributed by atoms with van der Waals surface area (Å²) in [5.41, 5.74) is 5.72. The van der Waals surface area contributed by atoms with E-state index in [9.17, 15) is 9.59 Å². The molecule has 2 atom stereocenters. The van der Waals surface area contributed by atoms with Gasteiger partial charge in [0.1, 0.15) is 6.04 Å². The molecule has 0 spiro atoms. The number of rotatable bonds is 4. The van der Waals surface area contributed by atoms with E-state index >= 15 is 0 Å². The second kappa shape index (κ2) is 5.49. The third kappa shape index (κ3) is 2.97. The maximum atomic E-state index is 11.9. The molecule has 17 heavy (non-hydrogen) atoms. The van der Waals surface area contributed by atoms with Gasteiger partial charge in [0.05, 0.1) is 0 Å². The van der Waals surface area contributed by atoms with Gasteiger partial charge in [0.15, 0.2) is 0 Å². The Hall–Kier alpha value is -1.10. The van der Waals surface area contributed by atoms with Crippen molar-refractivity contribution in [1.29, 1.82) is 0 Å². The van der Waals surface area contributed by atoms with Gasteiger partial charge in [-0.2, -0.15) is 0 Å². The fourth-order valence-electron chi connectivity index (χ4n) is 2.82. The topological polar surface area (TPSA) is 84.2 Å². The molecular weight excluding hydrogens is 218 g/mol. The lowest BCUT2D eigenvalue weighted by molar-refractivity contribution is -0.126. The SMILES string of the molecule is NCC(NC(=O)C1CCC(=O)N1)C1CCCC1. The van der Waals surface area contributed by atoms with Crippen LogP contribution in [0.15, 0.2) is 0 Å². The Morgan fingerprint density at radius 3 is 2.65 bits per heavy atom.